The second kappa shape index (κ2) is 7.13. The van der Waals surface area contributed by atoms with Gasteiger partial charge in [-0.2, -0.15) is 9.97 Å². The van der Waals surface area contributed by atoms with Gasteiger partial charge in [-0.15, -0.1) is 0 Å². The van der Waals surface area contributed by atoms with Crippen LogP contribution in [0.25, 0.3) is 50.8 Å². The smallest absolute Gasteiger partial charge is 0.241 e. The van der Waals surface area contributed by atoms with E-state index in [1.807, 2.05) is 85.2 Å². The normalized spacial score (nSPS) is 12.2. The molecule has 6 rings (SSSR count). The lowest BCUT2D eigenvalue weighted by atomic mass is 10.2. The van der Waals surface area contributed by atoms with Crippen LogP contribution in [0.5, 0.6) is 0 Å². The number of imidazole rings is 2. The molecule has 0 fully saturated rings. The summed E-state index contributed by atoms with van der Waals surface area (Å²) >= 11 is 0. The molecule has 0 N–H and O–H groups in total. The zero-order valence-electron chi connectivity index (χ0n) is 17.8. The molecule has 0 bridgehead atoms. The third kappa shape index (κ3) is 2.73. The molecule has 0 atom stereocenters. The molecule has 32 heavy (non-hydrogen) atoms. The molecule has 3 aromatic heterocycles. The van der Waals surface area contributed by atoms with E-state index in [1.165, 1.54) is 0 Å². The summed E-state index contributed by atoms with van der Waals surface area (Å²) in [4.78, 5) is 19.4. The lowest BCUT2D eigenvalue weighted by molar-refractivity contribution is 0.916. The first kappa shape index (κ1) is 18.4. The first-order chi connectivity index (χ1) is 15.7. The first-order valence-electron chi connectivity index (χ1n) is 10.6. The fourth-order valence-electron chi connectivity index (χ4n) is 4.03. The molecular formula is C26H20N6. The van der Waals surface area contributed by atoms with Crippen LogP contribution in [0, 0.1) is 0 Å². The van der Waals surface area contributed by atoms with Gasteiger partial charge < -0.3 is 0 Å². The van der Waals surface area contributed by atoms with Crippen LogP contribution < -0.4 is 0 Å². The molecule has 0 aliphatic rings. The van der Waals surface area contributed by atoms with Crippen molar-refractivity contribution in [3.63, 3.8) is 0 Å². The van der Waals surface area contributed by atoms with Crippen LogP contribution in [0.15, 0.2) is 84.9 Å². The van der Waals surface area contributed by atoms with Gasteiger partial charge in [-0.25, -0.2) is 14.5 Å². The minimum Gasteiger partial charge on any atom is -0.276 e. The topological polar surface area (TPSA) is 60.9 Å². The van der Waals surface area contributed by atoms with Gasteiger partial charge in [-0.1, -0.05) is 60.7 Å². The van der Waals surface area contributed by atoms with Gasteiger partial charge >= 0.3 is 0 Å². The number of benzene rings is 3. The fourth-order valence-corrected chi connectivity index (χ4v) is 4.03. The Hall–Kier alpha value is -4.32. The Labute approximate surface area is 184 Å². The number of para-hydroxylation sites is 4. The number of hydrogen-bond acceptors (Lipinski definition) is 4. The maximum absolute atomic E-state index is 4.94. The molecular weight excluding hydrogens is 396 g/mol. The van der Waals surface area contributed by atoms with Crippen molar-refractivity contribution < 1.29 is 0 Å². The summed E-state index contributed by atoms with van der Waals surface area (Å²) in [6.07, 6.45) is 2.01. The van der Waals surface area contributed by atoms with Gasteiger partial charge in [0.2, 0.25) is 11.7 Å². The Kier molecular flexibility index (Phi) is 4.11. The lowest BCUT2D eigenvalue weighted by Gasteiger charge is -2.09. The van der Waals surface area contributed by atoms with Crippen molar-refractivity contribution in [2.75, 3.05) is 0 Å². The van der Waals surface area contributed by atoms with E-state index in [9.17, 15) is 0 Å². The maximum Gasteiger partial charge on any atom is 0.241 e. The molecule has 0 saturated heterocycles. The Morgan fingerprint density at radius 1 is 0.719 bits per heavy atom. The zero-order valence-corrected chi connectivity index (χ0v) is 17.8. The molecule has 6 heteroatoms. The highest BCUT2D eigenvalue weighted by Crippen LogP contribution is 2.29. The van der Waals surface area contributed by atoms with Crippen LogP contribution in [0.3, 0.4) is 0 Å². The Balaban J connectivity index is 1.73. The van der Waals surface area contributed by atoms with Crippen molar-refractivity contribution in [3.8, 4) is 17.3 Å². The second-order valence-corrected chi connectivity index (χ2v) is 7.68. The van der Waals surface area contributed by atoms with Crippen LogP contribution in [0.2, 0.25) is 0 Å². The molecule has 0 aliphatic carbocycles. The van der Waals surface area contributed by atoms with E-state index < -0.39 is 0 Å². The average molecular weight is 416 g/mol. The molecule has 0 spiro atoms. The number of rotatable bonds is 3. The van der Waals surface area contributed by atoms with Gasteiger partial charge in [0.05, 0.1) is 22.1 Å². The van der Waals surface area contributed by atoms with Gasteiger partial charge in [0.15, 0.2) is 11.6 Å². The molecule has 0 radical (unpaired) electrons. The summed E-state index contributed by atoms with van der Waals surface area (Å²) in [5.74, 6) is 2.63. The summed E-state index contributed by atoms with van der Waals surface area (Å²) < 4.78 is 4.19. The third-order valence-corrected chi connectivity index (χ3v) is 5.75. The molecule has 0 unspecified atom stereocenters. The minimum atomic E-state index is 0.552. The van der Waals surface area contributed by atoms with Crippen LogP contribution in [0.4, 0.5) is 0 Å². The van der Waals surface area contributed by atoms with E-state index in [4.69, 9.17) is 19.9 Å². The summed E-state index contributed by atoms with van der Waals surface area (Å²) in [5, 5.41) is 0. The van der Waals surface area contributed by atoms with E-state index in [1.54, 1.807) is 0 Å². The monoisotopic (exact) mass is 416 g/mol. The molecule has 6 nitrogen and oxygen atoms in total. The summed E-state index contributed by atoms with van der Waals surface area (Å²) in [7, 11) is 0. The van der Waals surface area contributed by atoms with E-state index in [-0.39, 0.29) is 0 Å². The fraction of sp³-hybridized carbons (Fsp3) is 0.0769. The Bertz CT molecular complexity index is 1640. The Morgan fingerprint density at radius 3 is 2.19 bits per heavy atom. The van der Waals surface area contributed by atoms with Crippen molar-refractivity contribution in [2.45, 2.75) is 13.8 Å². The van der Waals surface area contributed by atoms with Crippen molar-refractivity contribution in [3.05, 3.63) is 90.8 Å². The number of allylic oxidation sites excluding steroid dienone is 2. The van der Waals surface area contributed by atoms with Crippen LogP contribution in [-0.2, 0) is 0 Å². The lowest BCUT2D eigenvalue weighted by Crippen LogP contribution is -2.08. The van der Waals surface area contributed by atoms with Crippen LogP contribution >= 0.6 is 0 Å². The van der Waals surface area contributed by atoms with Gasteiger partial charge in [0.25, 0.3) is 0 Å². The first-order valence-corrected chi connectivity index (χ1v) is 10.6. The van der Waals surface area contributed by atoms with Gasteiger partial charge in [-0.3, -0.25) is 4.40 Å². The number of aromatic nitrogens is 6. The van der Waals surface area contributed by atoms with Crippen molar-refractivity contribution in [1.29, 1.82) is 0 Å². The number of nitrogens with zero attached hydrogens (tertiary/aromatic N) is 6. The van der Waals surface area contributed by atoms with E-state index in [2.05, 4.69) is 22.6 Å². The molecule has 0 amide bonds. The third-order valence-electron chi connectivity index (χ3n) is 5.75. The van der Waals surface area contributed by atoms with Crippen molar-refractivity contribution >= 4 is 33.4 Å². The van der Waals surface area contributed by atoms with Gasteiger partial charge in [0, 0.05) is 5.56 Å². The number of hydrogen-bond donors (Lipinski definition) is 0. The number of fused-ring (bicyclic) bond motifs is 5. The average Bonchev–Trinajstić information content (AvgIpc) is 3.38. The highest BCUT2D eigenvalue weighted by molar-refractivity contribution is 5.91. The molecule has 154 valence electrons. The van der Waals surface area contributed by atoms with Gasteiger partial charge in [-0.05, 0) is 43.7 Å². The zero-order chi connectivity index (χ0) is 21.7. The Morgan fingerprint density at radius 2 is 1.41 bits per heavy atom. The summed E-state index contributed by atoms with van der Waals surface area (Å²) in [6.45, 7) is 4.01. The van der Waals surface area contributed by atoms with E-state index >= 15 is 0 Å². The highest BCUT2D eigenvalue weighted by Gasteiger charge is 2.20. The molecule has 3 aromatic carbocycles. The van der Waals surface area contributed by atoms with Crippen LogP contribution in [0.1, 0.15) is 19.7 Å². The molecule has 0 aliphatic heterocycles. The summed E-state index contributed by atoms with van der Waals surface area (Å²) in [5.41, 5.74) is 5.98. The van der Waals surface area contributed by atoms with Gasteiger partial charge in [0.1, 0.15) is 0 Å². The highest BCUT2D eigenvalue weighted by atomic mass is 15.3. The van der Waals surface area contributed by atoms with Crippen LogP contribution in [-0.4, -0.2) is 28.9 Å². The second-order valence-electron chi connectivity index (χ2n) is 7.68. The SMILES string of the molecule is CC=C(C)c1nc(-c2ccccc2)nc(-n2c3ccccc3n3c4ccccc4nc23)n1. The summed E-state index contributed by atoms with van der Waals surface area (Å²) in [6, 6.07) is 26.4. The largest absolute Gasteiger partial charge is 0.276 e. The maximum atomic E-state index is 4.94. The van der Waals surface area contributed by atoms with E-state index in [0.717, 1.165) is 39.0 Å². The molecule has 6 aromatic rings. The van der Waals surface area contributed by atoms with Crippen molar-refractivity contribution in [1.82, 2.24) is 28.9 Å². The standard InChI is InChI=1S/C26H20N6/c1-3-17(2)23-28-24(18-11-5-4-6-12-18)30-25(29-23)32-22-16-10-9-15-21(22)31-20-14-8-7-13-19(20)27-26(31)32/h3-16H,1-2H3. The predicted molar refractivity (Wildman–Crippen MR) is 128 cm³/mol. The van der Waals surface area contributed by atoms with Crippen molar-refractivity contribution in [2.24, 2.45) is 0 Å². The predicted octanol–water partition coefficient (Wildman–Crippen LogP) is 5.71. The molecule has 0 saturated carbocycles. The quantitative estimate of drug-likeness (QED) is 0.371. The molecule has 3 heterocycles. The minimum absolute atomic E-state index is 0.552. The van der Waals surface area contributed by atoms with E-state index in [0.29, 0.717) is 17.6 Å².